The van der Waals surface area contributed by atoms with Gasteiger partial charge in [-0.25, -0.2) is 4.79 Å². The summed E-state index contributed by atoms with van der Waals surface area (Å²) in [6, 6.07) is 9.30. The van der Waals surface area contributed by atoms with E-state index in [1.54, 1.807) is 10.9 Å². The van der Waals surface area contributed by atoms with E-state index in [1.807, 2.05) is 43.6 Å². The quantitative estimate of drug-likeness (QED) is 0.756. The fourth-order valence-corrected chi connectivity index (χ4v) is 4.45. The van der Waals surface area contributed by atoms with Gasteiger partial charge in [0.25, 0.3) is 0 Å². The molecule has 2 N–H and O–H groups in total. The molecule has 0 aliphatic carbocycles. The average Bonchev–Trinajstić information content (AvgIpc) is 3.18. The van der Waals surface area contributed by atoms with E-state index >= 15 is 0 Å². The first kappa shape index (κ1) is 15.6. The molecular formula is C18H15N3O3S. The molecule has 1 atom stereocenters. The Labute approximate surface area is 147 Å². The number of fused-ring (bicyclic) bond motifs is 1. The standard InChI is InChI=1S/C18H15N3O3S/c1-21-9-11(8-19-21)12-7-13(22)20-15-14(10-5-3-2-4-6-10)17(18(23)24)25-16(12)15/h2-6,8-9,12H,7H2,1H3,(H,20,22)(H,23,24). The molecule has 4 rings (SSSR count). The molecule has 0 bridgehead atoms. The van der Waals surface area contributed by atoms with E-state index in [2.05, 4.69) is 10.4 Å². The van der Waals surface area contributed by atoms with Crippen molar-refractivity contribution in [2.45, 2.75) is 12.3 Å². The van der Waals surface area contributed by atoms with Gasteiger partial charge in [-0.05, 0) is 11.1 Å². The first-order valence-corrected chi connectivity index (χ1v) is 8.60. The summed E-state index contributed by atoms with van der Waals surface area (Å²) in [5.74, 6) is -1.29. The Hall–Kier alpha value is -2.93. The van der Waals surface area contributed by atoms with Gasteiger partial charge in [-0.1, -0.05) is 30.3 Å². The van der Waals surface area contributed by atoms with Crippen molar-refractivity contribution < 1.29 is 14.7 Å². The maximum atomic E-state index is 12.3. The molecule has 1 aliphatic rings. The molecule has 0 radical (unpaired) electrons. The zero-order valence-corrected chi connectivity index (χ0v) is 14.2. The van der Waals surface area contributed by atoms with Crippen LogP contribution >= 0.6 is 11.3 Å². The molecule has 0 fully saturated rings. The number of rotatable bonds is 3. The molecule has 7 heteroatoms. The highest BCUT2D eigenvalue weighted by atomic mass is 32.1. The van der Waals surface area contributed by atoms with Gasteiger partial charge in [0, 0.05) is 36.0 Å². The Morgan fingerprint density at radius 3 is 2.76 bits per heavy atom. The van der Waals surface area contributed by atoms with Crippen LogP contribution in [0.15, 0.2) is 42.7 Å². The SMILES string of the molecule is Cn1cc(C2CC(=O)Nc3c2sc(C(=O)O)c3-c2ccccc2)cn1. The third kappa shape index (κ3) is 2.62. The molecule has 126 valence electrons. The maximum Gasteiger partial charge on any atom is 0.346 e. The van der Waals surface area contributed by atoms with Crippen LogP contribution in [-0.4, -0.2) is 26.8 Å². The second-order valence-electron chi connectivity index (χ2n) is 5.97. The zero-order valence-electron chi connectivity index (χ0n) is 13.4. The summed E-state index contributed by atoms with van der Waals surface area (Å²) in [6.07, 6.45) is 3.89. The lowest BCUT2D eigenvalue weighted by Crippen LogP contribution is -2.22. The number of anilines is 1. The fraction of sp³-hybridized carbons (Fsp3) is 0.167. The van der Waals surface area contributed by atoms with Crippen LogP contribution in [0, 0.1) is 0 Å². The molecule has 0 saturated heterocycles. The summed E-state index contributed by atoms with van der Waals surface area (Å²) >= 11 is 1.23. The number of carboxylic acid groups (broad SMARTS) is 1. The summed E-state index contributed by atoms with van der Waals surface area (Å²) < 4.78 is 1.69. The number of nitrogens with zero attached hydrogens (tertiary/aromatic N) is 2. The van der Waals surface area contributed by atoms with Gasteiger partial charge in [-0.2, -0.15) is 5.10 Å². The molecule has 3 heterocycles. The van der Waals surface area contributed by atoms with Crippen molar-refractivity contribution >= 4 is 28.9 Å². The van der Waals surface area contributed by atoms with E-state index < -0.39 is 5.97 Å². The Kier molecular flexibility index (Phi) is 3.65. The van der Waals surface area contributed by atoms with E-state index in [0.717, 1.165) is 16.0 Å². The van der Waals surface area contributed by atoms with Crippen molar-refractivity contribution in [1.82, 2.24) is 9.78 Å². The normalized spacial score (nSPS) is 16.4. The number of aromatic carboxylic acids is 1. The number of aryl methyl sites for hydroxylation is 1. The molecule has 1 aliphatic heterocycles. The first-order chi connectivity index (χ1) is 12.0. The van der Waals surface area contributed by atoms with Crippen LogP contribution in [0.5, 0.6) is 0 Å². The fourth-order valence-electron chi connectivity index (χ4n) is 3.21. The molecule has 6 nitrogen and oxygen atoms in total. The van der Waals surface area contributed by atoms with Crippen molar-refractivity contribution in [2.24, 2.45) is 7.05 Å². The van der Waals surface area contributed by atoms with Crippen molar-refractivity contribution in [2.75, 3.05) is 5.32 Å². The number of carboxylic acids is 1. The van der Waals surface area contributed by atoms with E-state index in [0.29, 0.717) is 11.3 Å². The van der Waals surface area contributed by atoms with E-state index in [-0.39, 0.29) is 23.1 Å². The van der Waals surface area contributed by atoms with Gasteiger partial charge in [0.2, 0.25) is 5.91 Å². The van der Waals surface area contributed by atoms with Crippen LogP contribution in [0.4, 0.5) is 5.69 Å². The predicted octanol–water partition coefficient (Wildman–Crippen LogP) is 3.32. The van der Waals surface area contributed by atoms with Crippen molar-refractivity contribution in [3.63, 3.8) is 0 Å². The number of benzene rings is 1. The van der Waals surface area contributed by atoms with Gasteiger partial charge in [-0.15, -0.1) is 11.3 Å². The largest absolute Gasteiger partial charge is 0.477 e. The van der Waals surface area contributed by atoms with Crippen LogP contribution < -0.4 is 5.32 Å². The molecule has 2 aromatic heterocycles. The van der Waals surface area contributed by atoms with Crippen LogP contribution in [-0.2, 0) is 11.8 Å². The van der Waals surface area contributed by atoms with Crippen LogP contribution in [0.1, 0.15) is 32.5 Å². The zero-order chi connectivity index (χ0) is 17.6. The van der Waals surface area contributed by atoms with Crippen molar-refractivity contribution in [3.05, 3.63) is 58.0 Å². The number of hydrogen-bond acceptors (Lipinski definition) is 4. The Morgan fingerprint density at radius 1 is 1.36 bits per heavy atom. The molecule has 1 unspecified atom stereocenters. The number of nitrogens with one attached hydrogen (secondary N) is 1. The van der Waals surface area contributed by atoms with Gasteiger partial charge in [0.05, 0.1) is 11.9 Å². The highest BCUT2D eigenvalue weighted by molar-refractivity contribution is 7.15. The maximum absolute atomic E-state index is 12.3. The van der Waals surface area contributed by atoms with E-state index in [9.17, 15) is 14.7 Å². The topological polar surface area (TPSA) is 84.2 Å². The Balaban J connectivity index is 1.95. The molecule has 0 spiro atoms. The van der Waals surface area contributed by atoms with Gasteiger partial charge in [-0.3, -0.25) is 9.48 Å². The third-order valence-corrected chi connectivity index (χ3v) is 5.58. The lowest BCUT2D eigenvalue weighted by Gasteiger charge is -2.22. The molecule has 0 saturated carbocycles. The molecule has 25 heavy (non-hydrogen) atoms. The summed E-state index contributed by atoms with van der Waals surface area (Å²) in [5.41, 5.74) is 2.88. The highest BCUT2D eigenvalue weighted by Crippen LogP contribution is 2.49. The second kappa shape index (κ2) is 5.86. The van der Waals surface area contributed by atoms with E-state index in [4.69, 9.17) is 0 Å². The number of hydrogen-bond donors (Lipinski definition) is 2. The van der Waals surface area contributed by atoms with Crippen LogP contribution in [0.2, 0.25) is 0 Å². The Morgan fingerprint density at radius 2 is 2.12 bits per heavy atom. The van der Waals surface area contributed by atoms with Crippen molar-refractivity contribution in [1.29, 1.82) is 0 Å². The number of carbonyl (C=O) groups is 2. The first-order valence-electron chi connectivity index (χ1n) is 7.78. The molecule has 1 amide bonds. The number of thiophene rings is 1. The molecule has 3 aromatic rings. The minimum atomic E-state index is -0.988. The summed E-state index contributed by atoms with van der Waals surface area (Å²) in [5, 5.41) is 16.8. The third-order valence-electron chi connectivity index (χ3n) is 4.29. The predicted molar refractivity (Wildman–Crippen MR) is 95.0 cm³/mol. The minimum Gasteiger partial charge on any atom is -0.477 e. The van der Waals surface area contributed by atoms with Crippen molar-refractivity contribution in [3.8, 4) is 11.1 Å². The van der Waals surface area contributed by atoms with Crippen LogP contribution in [0.25, 0.3) is 11.1 Å². The second-order valence-corrected chi connectivity index (χ2v) is 7.02. The Bertz CT molecular complexity index is 975. The smallest absolute Gasteiger partial charge is 0.346 e. The summed E-state index contributed by atoms with van der Waals surface area (Å²) in [7, 11) is 1.82. The summed E-state index contributed by atoms with van der Waals surface area (Å²) in [4.78, 5) is 25.2. The number of aromatic nitrogens is 2. The molecular weight excluding hydrogens is 338 g/mol. The average molecular weight is 353 g/mol. The number of amides is 1. The molecule has 1 aromatic carbocycles. The van der Waals surface area contributed by atoms with E-state index in [1.165, 1.54) is 11.3 Å². The lowest BCUT2D eigenvalue weighted by molar-refractivity contribution is -0.116. The lowest BCUT2D eigenvalue weighted by atomic mass is 9.90. The van der Waals surface area contributed by atoms with Gasteiger partial charge >= 0.3 is 5.97 Å². The summed E-state index contributed by atoms with van der Waals surface area (Å²) in [6.45, 7) is 0. The van der Waals surface area contributed by atoms with Gasteiger partial charge in [0.15, 0.2) is 0 Å². The minimum absolute atomic E-state index is 0.117. The highest BCUT2D eigenvalue weighted by Gasteiger charge is 2.34. The monoisotopic (exact) mass is 353 g/mol. The van der Waals surface area contributed by atoms with Gasteiger partial charge in [0.1, 0.15) is 4.88 Å². The van der Waals surface area contributed by atoms with Gasteiger partial charge < -0.3 is 10.4 Å². The van der Waals surface area contributed by atoms with Crippen LogP contribution in [0.3, 0.4) is 0 Å². The number of carbonyl (C=O) groups excluding carboxylic acids is 1.